The van der Waals surface area contributed by atoms with Gasteiger partial charge in [-0.05, 0) is 25.9 Å². The standard InChI is InChI=1S/C14H24N4O/c1-2-15-6-13-7-16-11-18(13)9-14-8-17-5-3-4-12(17)10-19-14/h7,11-12,14-15H,2-6,8-10H2,1H3. The van der Waals surface area contributed by atoms with Crippen molar-refractivity contribution in [2.45, 2.75) is 45.0 Å². The molecule has 0 saturated carbocycles. The molecule has 2 fully saturated rings. The van der Waals surface area contributed by atoms with Crippen molar-refractivity contribution in [3.63, 3.8) is 0 Å². The number of nitrogens with zero attached hydrogens (tertiary/aromatic N) is 3. The lowest BCUT2D eigenvalue weighted by Gasteiger charge is -2.35. The minimum atomic E-state index is 0.309. The third-order valence-corrected chi connectivity index (χ3v) is 4.22. The Balaban J connectivity index is 1.57. The zero-order chi connectivity index (χ0) is 13.1. The van der Waals surface area contributed by atoms with Gasteiger partial charge in [0.15, 0.2) is 0 Å². The van der Waals surface area contributed by atoms with E-state index >= 15 is 0 Å². The fourth-order valence-electron chi connectivity index (χ4n) is 3.13. The maximum atomic E-state index is 6.01. The van der Waals surface area contributed by atoms with Crippen LogP contribution in [0.3, 0.4) is 0 Å². The molecule has 1 aromatic rings. The van der Waals surface area contributed by atoms with Gasteiger partial charge in [0.25, 0.3) is 0 Å². The average molecular weight is 264 g/mol. The van der Waals surface area contributed by atoms with E-state index in [0.717, 1.165) is 32.8 Å². The van der Waals surface area contributed by atoms with Crippen molar-refractivity contribution < 1.29 is 4.74 Å². The van der Waals surface area contributed by atoms with E-state index < -0.39 is 0 Å². The van der Waals surface area contributed by atoms with E-state index in [0.29, 0.717) is 12.1 Å². The lowest BCUT2D eigenvalue weighted by molar-refractivity contribution is -0.0554. The highest BCUT2D eigenvalue weighted by Crippen LogP contribution is 2.23. The zero-order valence-electron chi connectivity index (χ0n) is 11.7. The smallest absolute Gasteiger partial charge is 0.0949 e. The molecule has 2 aliphatic rings. The summed E-state index contributed by atoms with van der Waals surface area (Å²) in [6.45, 7) is 8.14. The van der Waals surface area contributed by atoms with Gasteiger partial charge < -0.3 is 14.6 Å². The fourth-order valence-corrected chi connectivity index (χ4v) is 3.13. The van der Waals surface area contributed by atoms with Gasteiger partial charge in [0.2, 0.25) is 0 Å². The molecule has 2 unspecified atom stereocenters. The number of fused-ring (bicyclic) bond motifs is 1. The number of rotatable bonds is 5. The zero-order valence-corrected chi connectivity index (χ0v) is 11.7. The van der Waals surface area contributed by atoms with Crippen molar-refractivity contribution in [2.75, 3.05) is 26.2 Å². The average Bonchev–Trinajstić information content (AvgIpc) is 3.05. The topological polar surface area (TPSA) is 42.3 Å². The monoisotopic (exact) mass is 264 g/mol. The van der Waals surface area contributed by atoms with Gasteiger partial charge in [-0.25, -0.2) is 4.98 Å². The van der Waals surface area contributed by atoms with Gasteiger partial charge in [-0.15, -0.1) is 0 Å². The van der Waals surface area contributed by atoms with E-state index in [9.17, 15) is 0 Å². The second-order valence-electron chi connectivity index (χ2n) is 5.56. The van der Waals surface area contributed by atoms with Crippen molar-refractivity contribution in [1.29, 1.82) is 0 Å². The predicted octanol–water partition coefficient (Wildman–Crippen LogP) is 0.856. The molecule has 0 radical (unpaired) electrons. The first-order valence-electron chi connectivity index (χ1n) is 7.42. The van der Waals surface area contributed by atoms with E-state index in [1.165, 1.54) is 25.1 Å². The van der Waals surface area contributed by atoms with Gasteiger partial charge in [0.05, 0.1) is 31.3 Å². The van der Waals surface area contributed by atoms with Crippen LogP contribution < -0.4 is 5.32 Å². The molecule has 106 valence electrons. The van der Waals surface area contributed by atoms with Gasteiger partial charge in [-0.2, -0.15) is 0 Å². The Morgan fingerprint density at radius 3 is 3.37 bits per heavy atom. The van der Waals surface area contributed by atoms with Crippen LogP contribution in [0, 0.1) is 0 Å². The molecule has 2 aliphatic heterocycles. The first kappa shape index (κ1) is 13.1. The van der Waals surface area contributed by atoms with Gasteiger partial charge in [0, 0.05) is 25.3 Å². The Hall–Kier alpha value is -0.910. The van der Waals surface area contributed by atoms with E-state index in [1.54, 1.807) is 0 Å². The molecule has 0 amide bonds. The molecular weight excluding hydrogens is 240 g/mol. The molecule has 1 N–H and O–H groups in total. The summed E-state index contributed by atoms with van der Waals surface area (Å²) in [6.07, 6.45) is 6.82. The molecule has 2 atom stereocenters. The number of hydrogen-bond donors (Lipinski definition) is 1. The van der Waals surface area contributed by atoms with Crippen LogP contribution in [0.25, 0.3) is 0 Å². The van der Waals surface area contributed by atoms with Gasteiger partial charge in [0.1, 0.15) is 0 Å². The van der Waals surface area contributed by atoms with Crippen LogP contribution >= 0.6 is 0 Å². The number of ether oxygens (including phenoxy) is 1. The van der Waals surface area contributed by atoms with Crippen LogP contribution in [0.15, 0.2) is 12.5 Å². The third kappa shape index (κ3) is 2.99. The summed E-state index contributed by atoms with van der Waals surface area (Å²) in [6, 6.07) is 0.681. The van der Waals surface area contributed by atoms with Crippen LogP contribution in [0.4, 0.5) is 0 Å². The molecule has 3 rings (SSSR count). The number of nitrogens with one attached hydrogen (secondary N) is 1. The van der Waals surface area contributed by atoms with Crippen molar-refractivity contribution in [3.8, 4) is 0 Å². The molecule has 2 saturated heterocycles. The Morgan fingerprint density at radius 2 is 2.47 bits per heavy atom. The molecule has 0 aromatic carbocycles. The van der Waals surface area contributed by atoms with E-state index in [2.05, 4.69) is 26.7 Å². The SMILES string of the molecule is CCNCc1cncn1CC1CN2CCCC2CO1. The summed E-state index contributed by atoms with van der Waals surface area (Å²) in [7, 11) is 0. The van der Waals surface area contributed by atoms with E-state index in [4.69, 9.17) is 4.74 Å². The molecule has 0 spiro atoms. The highest BCUT2D eigenvalue weighted by molar-refractivity contribution is 4.99. The van der Waals surface area contributed by atoms with Crippen LogP contribution in [0.5, 0.6) is 0 Å². The minimum absolute atomic E-state index is 0.309. The van der Waals surface area contributed by atoms with Crippen molar-refractivity contribution in [2.24, 2.45) is 0 Å². The molecule has 3 heterocycles. The lowest BCUT2D eigenvalue weighted by Crippen LogP contribution is -2.47. The normalized spacial score (nSPS) is 27.6. The van der Waals surface area contributed by atoms with Crippen LogP contribution in [-0.2, 0) is 17.8 Å². The molecule has 5 heteroatoms. The number of morpholine rings is 1. The molecule has 1 aromatic heterocycles. The fraction of sp³-hybridized carbons (Fsp3) is 0.786. The highest BCUT2D eigenvalue weighted by Gasteiger charge is 2.32. The summed E-state index contributed by atoms with van der Waals surface area (Å²) in [4.78, 5) is 6.85. The van der Waals surface area contributed by atoms with Gasteiger partial charge in [-0.1, -0.05) is 6.92 Å². The second-order valence-corrected chi connectivity index (χ2v) is 5.56. The third-order valence-electron chi connectivity index (χ3n) is 4.22. The Morgan fingerprint density at radius 1 is 1.53 bits per heavy atom. The van der Waals surface area contributed by atoms with Gasteiger partial charge >= 0.3 is 0 Å². The summed E-state index contributed by atoms with van der Waals surface area (Å²) in [5, 5.41) is 3.35. The predicted molar refractivity (Wildman–Crippen MR) is 73.9 cm³/mol. The summed E-state index contributed by atoms with van der Waals surface area (Å²) >= 11 is 0. The highest BCUT2D eigenvalue weighted by atomic mass is 16.5. The summed E-state index contributed by atoms with van der Waals surface area (Å²) < 4.78 is 8.24. The minimum Gasteiger partial charge on any atom is -0.373 e. The first-order valence-corrected chi connectivity index (χ1v) is 7.42. The number of imidazole rings is 1. The molecule has 19 heavy (non-hydrogen) atoms. The first-order chi connectivity index (χ1) is 9.36. The Labute approximate surface area is 114 Å². The maximum absolute atomic E-state index is 6.01. The Bertz CT molecular complexity index is 406. The van der Waals surface area contributed by atoms with Crippen molar-refractivity contribution in [1.82, 2.24) is 19.8 Å². The molecule has 5 nitrogen and oxygen atoms in total. The van der Waals surface area contributed by atoms with Crippen molar-refractivity contribution >= 4 is 0 Å². The Kier molecular flexibility index (Phi) is 4.15. The molecule has 0 aliphatic carbocycles. The van der Waals surface area contributed by atoms with E-state index in [1.807, 2.05) is 12.5 Å². The number of hydrogen-bond acceptors (Lipinski definition) is 4. The van der Waals surface area contributed by atoms with Gasteiger partial charge in [-0.3, -0.25) is 4.90 Å². The largest absolute Gasteiger partial charge is 0.373 e. The van der Waals surface area contributed by atoms with Crippen LogP contribution in [0.1, 0.15) is 25.5 Å². The second kappa shape index (κ2) is 6.03. The number of aromatic nitrogens is 2. The van der Waals surface area contributed by atoms with Crippen LogP contribution in [-0.4, -0.2) is 52.8 Å². The van der Waals surface area contributed by atoms with Crippen LogP contribution in [0.2, 0.25) is 0 Å². The lowest BCUT2D eigenvalue weighted by atomic mass is 10.2. The summed E-state index contributed by atoms with van der Waals surface area (Å²) in [5.41, 5.74) is 1.24. The summed E-state index contributed by atoms with van der Waals surface area (Å²) in [5.74, 6) is 0. The maximum Gasteiger partial charge on any atom is 0.0949 e. The molecular formula is C14H24N4O. The van der Waals surface area contributed by atoms with E-state index in [-0.39, 0.29) is 0 Å². The molecule has 0 bridgehead atoms. The quantitative estimate of drug-likeness (QED) is 0.856. The van der Waals surface area contributed by atoms with Crippen molar-refractivity contribution in [3.05, 3.63) is 18.2 Å².